The van der Waals surface area contributed by atoms with Crippen molar-refractivity contribution in [3.8, 4) is 11.4 Å². The lowest BCUT2D eigenvalue weighted by molar-refractivity contribution is 0.0299. The number of morpholine rings is 1. The largest absolute Gasteiger partial charge is 0.382 e. The van der Waals surface area contributed by atoms with Crippen molar-refractivity contribution < 1.29 is 4.74 Å². The highest BCUT2D eigenvalue weighted by Crippen LogP contribution is 2.33. The van der Waals surface area contributed by atoms with E-state index in [1.165, 1.54) is 12.8 Å². The second-order valence-corrected chi connectivity index (χ2v) is 8.59. The maximum Gasteiger partial charge on any atom is 0.228 e. The zero-order chi connectivity index (χ0) is 21.4. The number of nitrogen functional groups attached to an aromatic ring is 1. The summed E-state index contributed by atoms with van der Waals surface area (Å²) in [6.07, 6.45) is 12.4. The Bertz CT molecular complexity index is 1040. The first kappa shape index (κ1) is 20.1. The number of nitrogens with zero attached hydrogens (tertiary/aromatic N) is 7. The molecule has 0 saturated carbocycles. The maximum absolute atomic E-state index is 6.02. The summed E-state index contributed by atoms with van der Waals surface area (Å²) >= 11 is 0. The Balaban J connectivity index is 1.62. The Morgan fingerprint density at radius 3 is 2.58 bits per heavy atom. The number of rotatable bonds is 7. The van der Waals surface area contributed by atoms with Gasteiger partial charge in [0, 0.05) is 19.1 Å². The van der Waals surface area contributed by atoms with E-state index in [-0.39, 0.29) is 12.2 Å². The molecule has 2 saturated heterocycles. The van der Waals surface area contributed by atoms with E-state index in [0.29, 0.717) is 29.2 Å². The van der Waals surface area contributed by atoms with Gasteiger partial charge in [0.2, 0.25) is 5.95 Å². The molecule has 2 aliphatic rings. The highest BCUT2D eigenvalue weighted by molar-refractivity contribution is 5.87. The van der Waals surface area contributed by atoms with E-state index in [4.69, 9.17) is 25.4 Å². The standard InChI is InChI=1S/C22H30N8O/c1-3-5-6-14(4-2)30-13-26-20-19(17-9-25-18(23)10-24-17)27-22(28-21(20)30)29-11-15-7-8-16(12-29)31-15/h9-10,13-16H,3-8,11-12H2,1-2H3,(H2,23,25). The number of anilines is 2. The summed E-state index contributed by atoms with van der Waals surface area (Å²) in [7, 11) is 0. The van der Waals surface area contributed by atoms with E-state index in [9.17, 15) is 0 Å². The molecule has 0 radical (unpaired) electrons. The van der Waals surface area contributed by atoms with Crippen LogP contribution in [0.5, 0.6) is 0 Å². The van der Waals surface area contributed by atoms with Crippen LogP contribution in [0.15, 0.2) is 18.7 Å². The minimum atomic E-state index is 0.260. The lowest BCUT2D eigenvalue weighted by Gasteiger charge is -2.32. The monoisotopic (exact) mass is 422 g/mol. The summed E-state index contributed by atoms with van der Waals surface area (Å²) in [4.78, 5) is 25.6. The van der Waals surface area contributed by atoms with Crippen LogP contribution in [0.2, 0.25) is 0 Å². The van der Waals surface area contributed by atoms with Crippen LogP contribution in [-0.4, -0.2) is 54.8 Å². The molecular formula is C22H30N8O. The molecule has 3 aromatic rings. The molecule has 2 N–H and O–H groups in total. The Morgan fingerprint density at radius 2 is 1.90 bits per heavy atom. The Kier molecular flexibility index (Phi) is 5.43. The molecule has 2 aliphatic heterocycles. The summed E-state index contributed by atoms with van der Waals surface area (Å²) in [6.45, 7) is 6.08. The lowest BCUT2D eigenvalue weighted by Crippen LogP contribution is -2.43. The van der Waals surface area contributed by atoms with Gasteiger partial charge in [-0.15, -0.1) is 0 Å². The van der Waals surface area contributed by atoms with Crippen LogP contribution < -0.4 is 10.6 Å². The van der Waals surface area contributed by atoms with Crippen LogP contribution in [0, 0.1) is 0 Å². The van der Waals surface area contributed by atoms with Crippen LogP contribution >= 0.6 is 0 Å². The first-order valence-electron chi connectivity index (χ1n) is 11.4. The number of unbranched alkanes of at least 4 members (excludes halogenated alkanes) is 1. The van der Waals surface area contributed by atoms with E-state index < -0.39 is 0 Å². The van der Waals surface area contributed by atoms with E-state index >= 15 is 0 Å². The van der Waals surface area contributed by atoms with Gasteiger partial charge in [-0.25, -0.2) is 19.9 Å². The average Bonchev–Trinajstić information content (AvgIpc) is 3.37. The molecule has 5 rings (SSSR count). The zero-order valence-corrected chi connectivity index (χ0v) is 18.2. The third-order valence-corrected chi connectivity index (χ3v) is 6.41. The Labute approximate surface area is 182 Å². The van der Waals surface area contributed by atoms with Crippen molar-refractivity contribution in [1.29, 1.82) is 0 Å². The van der Waals surface area contributed by atoms with Crippen molar-refractivity contribution >= 4 is 22.9 Å². The van der Waals surface area contributed by atoms with Gasteiger partial charge in [0.1, 0.15) is 22.7 Å². The molecule has 2 fully saturated rings. The predicted molar refractivity (Wildman–Crippen MR) is 120 cm³/mol. The Hall–Kier alpha value is -2.81. The van der Waals surface area contributed by atoms with Crippen LogP contribution in [0.3, 0.4) is 0 Å². The number of aromatic nitrogens is 6. The van der Waals surface area contributed by atoms with Crippen LogP contribution in [0.4, 0.5) is 11.8 Å². The molecule has 3 atom stereocenters. The van der Waals surface area contributed by atoms with E-state index in [1.54, 1.807) is 12.4 Å². The highest BCUT2D eigenvalue weighted by Gasteiger charge is 2.35. The molecule has 31 heavy (non-hydrogen) atoms. The van der Waals surface area contributed by atoms with Gasteiger partial charge in [-0.3, -0.25) is 0 Å². The second-order valence-electron chi connectivity index (χ2n) is 8.59. The molecule has 9 nitrogen and oxygen atoms in total. The third-order valence-electron chi connectivity index (χ3n) is 6.41. The maximum atomic E-state index is 6.02. The fourth-order valence-corrected chi connectivity index (χ4v) is 4.71. The van der Waals surface area contributed by atoms with Crippen molar-refractivity contribution in [2.75, 3.05) is 23.7 Å². The Morgan fingerprint density at radius 1 is 1.10 bits per heavy atom. The zero-order valence-electron chi connectivity index (χ0n) is 18.2. The van der Waals surface area contributed by atoms with E-state index in [2.05, 4.69) is 33.3 Å². The van der Waals surface area contributed by atoms with Gasteiger partial charge in [-0.1, -0.05) is 26.7 Å². The molecule has 2 bridgehead atoms. The molecule has 164 valence electrons. The topological polar surface area (TPSA) is 108 Å². The van der Waals surface area contributed by atoms with Crippen molar-refractivity contribution in [1.82, 2.24) is 29.5 Å². The number of imidazole rings is 1. The first-order valence-corrected chi connectivity index (χ1v) is 11.4. The average molecular weight is 423 g/mol. The summed E-state index contributed by atoms with van der Waals surface area (Å²) in [5, 5.41) is 0. The normalized spacial score (nSPS) is 21.7. The van der Waals surface area contributed by atoms with Gasteiger partial charge in [-0.2, -0.15) is 4.98 Å². The SMILES string of the molecule is CCCCC(CC)n1cnc2c(-c3cnc(N)cn3)nc(N3CC4CCC(C3)O4)nc21. The number of nitrogens with two attached hydrogens (primary N) is 1. The molecular weight excluding hydrogens is 392 g/mol. The van der Waals surface area contributed by atoms with Crippen molar-refractivity contribution in [2.45, 2.75) is 70.6 Å². The quantitative estimate of drug-likeness (QED) is 0.617. The van der Waals surface area contributed by atoms with E-state index in [0.717, 1.165) is 49.9 Å². The molecule has 0 aromatic carbocycles. The van der Waals surface area contributed by atoms with Crippen LogP contribution in [-0.2, 0) is 4.74 Å². The summed E-state index contributed by atoms with van der Waals surface area (Å²) in [6, 6.07) is 0.360. The number of fused-ring (bicyclic) bond motifs is 3. The lowest BCUT2D eigenvalue weighted by atomic mass is 10.1. The van der Waals surface area contributed by atoms with Gasteiger partial charge in [0.25, 0.3) is 0 Å². The van der Waals surface area contributed by atoms with Crippen molar-refractivity contribution in [2.24, 2.45) is 0 Å². The summed E-state index contributed by atoms with van der Waals surface area (Å²) < 4.78 is 8.24. The van der Waals surface area contributed by atoms with Gasteiger partial charge in [0.05, 0.1) is 30.9 Å². The van der Waals surface area contributed by atoms with E-state index in [1.807, 2.05) is 6.33 Å². The van der Waals surface area contributed by atoms with Crippen LogP contribution in [0.25, 0.3) is 22.6 Å². The number of hydrogen-bond donors (Lipinski definition) is 1. The van der Waals surface area contributed by atoms with Gasteiger partial charge in [-0.05, 0) is 25.7 Å². The first-order chi connectivity index (χ1) is 15.2. The molecule has 0 amide bonds. The van der Waals surface area contributed by atoms with Crippen molar-refractivity contribution in [3.63, 3.8) is 0 Å². The predicted octanol–water partition coefficient (Wildman–Crippen LogP) is 3.37. The van der Waals surface area contributed by atoms with Crippen molar-refractivity contribution in [3.05, 3.63) is 18.7 Å². The molecule has 3 aromatic heterocycles. The molecule has 3 unspecified atom stereocenters. The van der Waals surface area contributed by atoms with Gasteiger partial charge >= 0.3 is 0 Å². The summed E-state index contributed by atoms with van der Waals surface area (Å²) in [5.74, 6) is 1.10. The van der Waals surface area contributed by atoms with Crippen LogP contribution in [0.1, 0.15) is 58.4 Å². The molecule has 0 aliphatic carbocycles. The molecule has 0 spiro atoms. The molecule has 9 heteroatoms. The minimum absolute atomic E-state index is 0.260. The fourth-order valence-electron chi connectivity index (χ4n) is 4.71. The number of hydrogen-bond acceptors (Lipinski definition) is 8. The molecule has 5 heterocycles. The minimum Gasteiger partial charge on any atom is -0.382 e. The summed E-state index contributed by atoms with van der Waals surface area (Å²) in [5.41, 5.74) is 8.74. The fraction of sp³-hybridized carbons (Fsp3) is 0.591. The third kappa shape index (κ3) is 3.82. The smallest absolute Gasteiger partial charge is 0.228 e. The number of ether oxygens (including phenoxy) is 1. The van der Waals surface area contributed by atoms with Gasteiger partial charge < -0.3 is 19.9 Å². The van der Waals surface area contributed by atoms with Gasteiger partial charge in [0.15, 0.2) is 5.65 Å². The second kappa shape index (κ2) is 8.37. The highest BCUT2D eigenvalue weighted by atomic mass is 16.5.